The predicted octanol–water partition coefficient (Wildman–Crippen LogP) is 2.47. The molecule has 21 heavy (non-hydrogen) atoms. The van der Waals surface area contributed by atoms with Crippen molar-refractivity contribution in [3.05, 3.63) is 34.9 Å². The molecule has 0 radical (unpaired) electrons. The molecule has 1 atom stereocenters. The number of nitrogens with zero attached hydrogens (tertiary/aromatic N) is 1. The number of benzene rings is 1. The zero-order valence-corrected chi connectivity index (χ0v) is 13.8. The molecular weight excluding hydrogens is 266 g/mol. The fourth-order valence-corrected chi connectivity index (χ4v) is 2.32. The van der Waals surface area contributed by atoms with E-state index in [0.29, 0.717) is 19.8 Å². The lowest BCUT2D eigenvalue weighted by atomic mass is 10.0. The predicted molar refractivity (Wildman–Crippen MR) is 85.0 cm³/mol. The largest absolute Gasteiger partial charge is 0.383 e. The molecule has 1 aromatic rings. The van der Waals surface area contributed by atoms with Crippen LogP contribution in [-0.4, -0.2) is 57.2 Å². The maximum atomic E-state index is 12.6. The van der Waals surface area contributed by atoms with Crippen LogP contribution in [0.1, 0.15) is 28.4 Å². The van der Waals surface area contributed by atoms with Gasteiger partial charge in [0.2, 0.25) is 0 Å². The number of Topliss-reactive ketones (excluding diaryl/α,β-unsaturated/α-hetero) is 1. The first-order valence-corrected chi connectivity index (χ1v) is 7.32. The van der Waals surface area contributed by atoms with Crippen LogP contribution in [0.5, 0.6) is 0 Å². The summed E-state index contributed by atoms with van der Waals surface area (Å²) in [6.45, 7) is 8.36. The van der Waals surface area contributed by atoms with Crippen LogP contribution < -0.4 is 0 Å². The molecule has 0 heterocycles. The maximum absolute atomic E-state index is 12.6. The third kappa shape index (κ3) is 5.58. The Bertz CT molecular complexity index is 459. The lowest BCUT2D eigenvalue weighted by molar-refractivity contribution is 0.0650. The summed E-state index contributed by atoms with van der Waals surface area (Å²) in [6.07, 6.45) is 0. The Morgan fingerprint density at radius 3 is 2.57 bits per heavy atom. The topological polar surface area (TPSA) is 38.8 Å². The number of carbonyl (C=O) groups is 1. The van der Waals surface area contributed by atoms with Gasteiger partial charge < -0.3 is 9.47 Å². The average Bonchev–Trinajstić information content (AvgIpc) is 2.45. The number of methoxy groups -OCH3 is 2. The standard InChI is InChI=1S/C17H27NO3/c1-13-6-7-14(2)16(10-13)17(19)11-18(8-9-20-4)15(3)12-21-5/h6-7,10,15H,8-9,11-12H2,1-5H3. The van der Waals surface area contributed by atoms with Gasteiger partial charge in [0.15, 0.2) is 5.78 Å². The van der Waals surface area contributed by atoms with Crippen molar-refractivity contribution >= 4 is 5.78 Å². The molecular formula is C17H27NO3. The normalized spacial score (nSPS) is 12.7. The van der Waals surface area contributed by atoms with Crippen molar-refractivity contribution in [1.29, 1.82) is 0 Å². The van der Waals surface area contributed by atoms with Crippen LogP contribution in [0.4, 0.5) is 0 Å². The number of carbonyl (C=O) groups excluding carboxylic acids is 1. The average molecular weight is 293 g/mol. The van der Waals surface area contributed by atoms with Gasteiger partial charge in [-0.1, -0.05) is 17.7 Å². The quantitative estimate of drug-likeness (QED) is 0.656. The van der Waals surface area contributed by atoms with E-state index in [9.17, 15) is 4.79 Å². The molecule has 0 amide bonds. The summed E-state index contributed by atoms with van der Waals surface area (Å²) in [5.74, 6) is 0.148. The van der Waals surface area contributed by atoms with Crippen molar-refractivity contribution in [2.75, 3.05) is 40.5 Å². The first-order chi connectivity index (χ1) is 9.99. The molecule has 0 spiro atoms. The molecule has 4 nitrogen and oxygen atoms in total. The van der Waals surface area contributed by atoms with E-state index < -0.39 is 0 Å². The lowest BCUT2D eigenvalue weighted by Gasteiger charge is -2.28. The third-order valence-corrected chi connectivity index (χ3v) is 3.65. The smallest absolute Gasteiger partial charge is 0.177 e. The second-order valence-electron chi connectivity index (χ2n) is 5.51. The fourth-order valence-electron chi connectivity index (χ4n) is 2.32. The Hall–Kier alpha value is -1.23. The van der Waals surface area contributed by atoms with E-state index in [1.54, 1.807) is 14.2 Å². The number of ether oxygens (including phenoxy) is 2. The minimum Gasteiger partial charge on any atom is -0.383 e. The number of aryl methyl sites for hydroxylation is 2. The monoisotopic (exact) mass is 293 g/mol. The highest BCUT2D eigenvalue weighted by molar-refractivity contribution is 5.99. The van der Waals surface area contributed by atoms with Crippen molar-refractivity contribution in [3.63, 3.8) is 0 Å². The van der Waals surface area contributed by atoms with Crippen molar-refractivity contribution < 1.29 is 14.3 Å². The van der Waals surface area contributed by atoms with E-state index in [2.05, 4.69) is 11.8 Å². The summed E-state index contributed by atoms with van der Waals surface area (Å²) in [4.78, 5) is 14.7. The van der Waals surface area contributed by atoms with Crippen LogP contribution in [0.25, 0.3) is 0 Å². The van der Waals surface area contributed by atoms with E-state index in [1.807, 2.05) is 32.0 Å². The van der Waals surface area contributed by atoms with Gasteiger partial charge in [0.1, 0.15) is 0 Å². The van der Waals surface area contributed by atoms with Gasteiger partial charge in [-0.3, -0.25) is 9.69 Å². The molecule has 1 unspecified atom stereocenters. The number of hydrogen-bond donors (Lipinski definition) is 0. The van der Waals surface area contributed by atoms with Crippen molar-refractivity contribution in [2.24, 2.45) is 0 Å². The third-order valence-electron chi connectivity index (χ3n) is 3.65. The zero-order valence-electron chi connectivity index (χ0n) is 13.8. The Labute approximate surface area is 128 Å². The second kappa shape index (κ2) is 8.93. The van der Waals surface area contributed by atoms with Crippen LogP contribution in [0.3, 0.4) is 0 Å². The summed E-state index contributed by atoms with van der Waals surface area (Å²) in [5.41, 5.74) is 2.94. The summed E-state index contributed by atoms with van der Waals surface area (Å²) in [5, 5.41) is 0. The molecule has 4 heteroatoms. The lowest BCUT2D eigenvalue weighted by Crippen LogP contribution is -2.42. The summed E-state index contributed by atoms with van der Waals surface area (Å²) >= 11 is 0. The fraction of sp³-hybridized carbons (Fsp3) is 0.588. The van der Waals surface area contributed by atoms with Crippen LogP contribution in [0.2, 0.25) is 0 Å². The van der Waals surface area contributed by atoms with Crippen LogP contribution >= 0.6 is 0 Å². The number of ketones is 1. The van der Waals surface area contributed by atoms with Crippen LogP contribution in [0.15, 0.2) is 18.2 Å². The van der Waals surface area contributed by atoms with E-state index in [1.165, 1.54) is 0 Å². The van der Waals surface area contributed by atoms with Crippen molar-refractivity contribution in [1.82, 2.24) is 4.90 Å². The Balaban J connectivity index is 2.81. The zero-order chi connectivity index (χ0) is 15.8. The van der Waals surface area contributed by atoms with E-state index in [4.69, 9.17) is 9.47 Å². The van der Waals surface area contributed by atoms with Gasteiger partial charge in [-0.2, -0.15) is 0 Å². The summed E-state index contributed by atoms with van der Waals surface area (Å²) < 4.78 is 10.3. The highest BCUT2D eigenvalue weighted by Crippen LogP contribution is 2.13. The molecule has 0 aliphatic rings. The summed E-state index contributed by atoms with van der Waals surface area (Å²) in [7, 11) is 3.35. The second-order valence-corrected chi connectivity index (χ2v) is 5.51. The van der Waals surface area contributed by atoms with Gasteiger partial charge in [0.05, 0.1) is 19.8 Å². The summed E-state index contributed by atoms with van der Waals surface area (Å²) in [6, 6.07) is 6.18. The molecule has 1 rings (SSSR count). The molecule has 0 aromatic heterocycles. The Morgan fingerprint density at radius 2 is 1.95 bits per heavy atom. The van der Waals surface area contributed by atoms with E-state index >= 15 is 0 Å². The number of rotatable bonds is 9. The molecule has 0 N–H and O–H groups in total. The first kappa shape index (κ1) is 17.8. The Morgan fingerprint density at radius 1 is 1.24 bits per heavy atom. The first-order valence-electron chi connectivity index (χ1n) is 7.32. The van der Waals surface area contributed by atoms with Crippen LogP contribution in [0, 0.1) is 13.8 Å². The SMILES string of the molecule is COCCN(CC(=O)c1cc(C)ccc1C)C(C)COC. The molecule has 0 fully saturated rings. The molecule has 118 valence electrons. The van der Waals surface area contributed by atoms with Crippen molar-refractivity contribution in [2.45, 2.75) is 26.8 Å². The van der Waals surface area contributed by atoms with E-state index in [0.717, 1.165) is 23.2 Å². The minimum absolute atomic E-state index is 0.148. The van der Waals surface area contributed by atoms with E-state index in [-0.39, 0.29) is 11.8 Å². The Kier molecular flexibility index (Phi) is 7.57. The molecule has 0 aliphatic heterocycles. The highest BCUT2D eigenvalue weighted by atomic mass is 16.5. The van der Waals surface area contributed by atoms with Gasteiger partial charge in [-0.25, -0.2) is 0 Å². The van der Waals surface area contributed by atoms with Gasteiger partial charge in [0, 0.05) is 32.4 Å². The maximum Gasteiger partial charge on any atom is 0.177 e. The molecule has 0 saturated carbocycles. The van der Waals surface area contributed by atoms with Gasteiger partial charge in [-0.15, -0.1) is 0 Å². The van der Waals surface area contributed by atoms with Crippen molar-refractivity contribution in [3.8, 4) is 0 Å². The molecule has 0 saturated heterocycles. The van der Waals surface area contributed by atoms with Gasteiger partial charge >= 0.3 is 0 Å². The van der Waals surface area contributed by atoms with Gasteiger partial charge in [0.25, 0.3) is 0 Å². The van der Waals surface area contributed by atoms with Gasteiger partial charge in [-0.05, 0) is 32.4 Å². The minimum atomic E-state index is 0.148. The molecule has 0 bridgehead atoms. The molecule has 1 aromatic carbocycles. The highest BCUT2D eigenvalue weighted by Gasteiger charge is 2.19. The number of hydrogen-bond acceptors (Lipinski definition) is 4. The molecule has 0 aliphatic carbocycles. The van der Waals surface area contributed by atoms with Crippen LogP contribution in [-0.2, 0) is 9.47 Å².